The molecule has 144 valence electrons. The number of amides is 1. The van der Waals surface area contributed by atoms with Crippen LogP contribution in [0.3, 0.4) is 0 Å². The normalized spacial score (nSPS) is 19.5. The Kier molecular flexibility index (Phi) is 5.95. The van der Waals surface area contributed by atoms with Crippen molar-refractivity contribution in [3.05, 3.63) is 37.2 Å². The number of thioether (sulfide) groups is 1. The van der Waals surface area contributed by atoms with Crippen LogP contribution in [-0.2, 0) is 21.2 Å². The van der Waals surface area contributed by atoms with E-state index in [2.05, 4.69) is 27.1 Å². The first-order chi connectivity index (χ1) is 12.9. The number of pyridine rings is 1. The lowest BCUT2D eigenvalue weighted by Gasteiger charge is -2.15. The second kappa shape index (κ2) is 8.22. The van der Waals surface area contributed by atoms with Crippen molar-refractivity contribution in [3.8, 4) is 11.4 Å². The average molecular weight is 408 g/mol. The van der Waals surface area contributed by atoms with Crippen LogP contribution in [0.4, 0.5) is 0 Å². The van der Waals surface area contributed by atoms with Crippen LogP contribution in [-0.4, -0.2) is 56.9 Å². The van der Waals surface area contributed by atoms with Gasteiger partial charge in [0.1, 0.15) is 0 Å². The van der Waals surface area contributed by atoms with Crippen LogP contribution in [0.15, 0.2) is 42.3 Å². The molecule has 8 nitrogen and oxygen atoms in total. The van der Waals surface area contributed by atoms with Crippen molar-refractivity contribution in [1.29, 1.82) is 0 Å². The lowest BCUT2D eigenvalue weighted by molar-refractivity contribution is -0.120. The number of nitrogens with zero attached hydrogens (tertiary/aromatic N) is 4. The second-order valence-electron chi connectivity index (χ2n) is 6.32. The standard InChI is InChI=1S/C17H21N5O3S2/c1-3-8-22-15(13-5-4-7-18-10-13)20-21-17(22)26-12(2)16(23)19-14-6-9-27(24,25)11-14/h3-5,7,10,12,14H,1,6,8-9,11H2,2H3,(H,19,23)/t12-,14-/m0/s1. The summed E-state index contributed by atoms with van der Waals surface area (Å²) in [7, 11) is -3.03. The Morgan fingerprint density at radius 3 is 2.96 bits per heavy atom. The summed E-state index contributed by atoms with van der Waals surface area (Å²) in [5, 5.41) is 11.4. The summed E-state index contributed by atoms with van der Waals surface area (Å²) in [6, 6.07) is 3.39. The topological polar surface area (TPSA) is 107 Å². The SMILES string of the molecule is C=CCn1c(S[C@@H](C)C(=O)N[C@H]2CCS(=O)(=O)C2)nnc1-c1cccnc1. The monoisotopic (exact) mass is 407 g/mol. The molecular weight excluding hydrogens is 386 g/mol. The van der Waals surface area contributed by atoms with Gasteiger partial charge in [0.15, 0.2) is 20.8 Å². The lowest BCUT2D eigenvalue weighted by atomic mass is 10.2. The molecule has 27 heavy (non-hydrogen) atoms. The number of nitrogens with one attached hydrogen (secondary N) is 1. The highest BCUT2D eigenvalue weighted by atomic mass is 32.2. The molecule has 1 N–H and O–H groups in total. The van der Waals surface area contributed by atoms with Crippen LogP contribution in [0.25, 0.3) is 11.4 Å². The molecule has 3 heterocycles. The highest BCUT2D eigenvalue weighted by Gasteiger charge is 2.30. The molecule has 0 aliphatic carbocycles. The van der Waals surface area contributed by atoms with Crippen LogP contribution in [0.5, 0.6) is 0 Å². The minimum Gasteiger partial charge on any atom is -0.351 e. The van der Waals surface area contributed by atoms with E-state index in [9.17, 15) is 13.2 Å². The Morgan fingerprint density at radius 2 is 2.33 bits per heavy atom. The molecule has 1 amide bonds. The zero-order valence-corrected chi connectivity index (χ0v) is 16.5. The van der Waals surface area contributed by atoms with E-state index < -0.39 is 15.1 Å². The third kappa shape index (κ3) is 4.75. The maximum Gasteiger partial charge on any atom is 0.233 e. The van der Waals surface area contributed by atoms with Crippen LogP contribution in [0, 0.1) is 0 Å². The molecule has 0 radical (unpaired) electrons. The van der Waals surface area contributed by atoms with Gasteiger partial charge in [-0.15, -0.1) is 16.8 Å². The summed E-state index contributed by atoms with van der Waals surface area (Å²) in [4.78, 5) is 16.5. The molecule has 0 saturated carbocycles. The van der Waals surface area contributed by atoms with Crippen LogP contribution < -0.4 is 5.32 Å². The largest absolute Gasteiger partial charge is 0.351 e. The fraction of sp³-hybridized carbons (Fsp3) is 0.412. The fourth-order valence-electron chi connectivity index (χ4n) is 2.82. The Labute approximate surface area is 162 Å². The van der Waals surface area contributed by atoms with E-state index in [1.807, 2.05) is 16.7 Å². The second-order valence-corrected chi connectivity index (χ2v) is 9.85. The van der Waals surface area contributed by atoms with Gasteiger partial charge in [-0.2, -0.15) is 0 Å². The molecule has 3 rings (SSSR count). The number of hydrogen-bond donors (Lipinski definition) is 1. The summed E-state index contributed by atoms with van der Waals surface area (Å²) in [5.41, 5.74) is 0.826. The van der Waals surface area contributed by atoms with Crippen molar-refractivity contribution in [1.82, 2.24) is 25.1 Å². The zero-order chi connectivity index (χ0) is 19.4. The molecule has 1 saturated heterocycles. The van der Waals surface area contributed by atoms with Gasteiger partial charge in [-0.25, -0.2) is 8.42 Å². The molecule has 2 atom stereocenters. The zero-order valence-electron chi connectivity index (χ0n) is 14.9. The first kappa shape index (κ1) is 19.6. The minimum atomic E-state index is -3.03. The van der Waals surface area contributed by atoms with Crippen LogP contribution in [0.2, 0.25) is 0 Å². The summed E-state index contributed by atoms with van der Waals surface area (Å²) in [6.45, 7) is 6.03. The number of allylic oxidation sites excluding steroid dienone is 1. The molecule has 2 aromatic rings. The number of aromatic nitrogens is 4. The smallest absolute Gasteiger partial charge is 0.233 e. The predicted molar refractivity (Wildman–Crippen MR) is 104 cm³/mol. The summed E-state index contributed by atoms with van der Waals surface area (Å²) in [5.74, 6) is 0.577. The van der Waals surface area contributed by atoms with Gasteiger partial charge in [0.25, 0.3) is 0 Å². The number of carbonyl (C=O) groups excluding carboxylic acids is 1. The van der Waals surface area contributed by atoms with Crippen LogP contribution >= 0.6 is 11.8 Å². The van der Waals surface area contributed by atoms with Gasteiger partial charge in [0.2, 0.25) is 5.91 Å². The molecule has 0 bridgehead atoms. The van der Waals surface area contributed by atoms with Crippen molar-refractivity contribution in [2.45, 2.75) is 36.3 Å². The molecule has 10 heteroatoms. The van der Waals surface area contributed by atoms with Gasteiger partial charge in [-0.3, -0.25) is 14.3 Å². The maximum absolute atomic E-state index is 12.4. The summed E-state index contributed by atoms with van der Waals surface area (Å²) >= 11 is 1.28. The van der Waals surface area contributed by atoms with Gasteiger partial charge >= 0.3 is 0 Å². The van der Waals surface area contributed by atoms with E-state index in [1.54, 1.807) is 25.4 Å². The Hall–Kier alpha value is -2.20. The third-order valence-corrected chi connectivity index (χ3v) is 7.03. The first-order valence-corrected chi connectivity index (χ1v) is 11.2. The Bertz CT molecular complexity index is 927. The highest BCUT2D eigenvalue weighted by Crippen LogP contribution is 2.27. The Morgan fingerprint density at radius 1 is 1.52 bits per heavy atom. The number of carbonyl (C=O) groups is 1. The van der Waals surface area contributed by atoms with Crippen LogP contribution in [0.1, 0.15) is 13.3 Å². The van der Waals surface area contributed by atoms with Gasteiger partial charge in [0.05, 0.1) is 16.8 Å². The van der Waals surface area contributed by atoms with Gasteiger partial charge < -0.3 is 5.32 Å². The number of hydrogen-bond acceptors (Lipinski definition) is 7. The van der Waals surface area contributed by atoms with E-state index in [0.717, 1.165) is 5.56 Å². The van der Waals surface area contributed by atoms with Gasteiger partial charge in [0, 0.05) is 30.5 Å². The quantitative estimate of drug-likeness (QED) is 0.545. The van der Waals surface area contributed by atoms with Gasteiger partial charge in [-0.05, 0) is 25.5 Å². The molecule has 0 aromatic carbocycles. The summed E-state index contributed by atoms with van der Waals surface area (Å²) < 4.78 is 25.0. The average Bonchev–Trinajstić information content (AvgIpc) is 3.19. The Balaban J connectivity index is 1.72. The molecule has 0 unspecified atom stereocenters. The van der Waals surface area contributed by atoms with E-state index in [4.69, 9.17) is 0 Å². The molecular formula is C17H21N5O3S2. The molecule has 2 aromatic heterocycles. The van der Waals surface area contributed by atoms with Crippen molar-refractivity contribution in [2.75, 3.05) is 11.5 Å². The third-order valence-electron chi connectivity index (χ3n) is 4.18. The highest BCUT2D eigenvalue weighted by molar-refractivity contribution is 8.00. The molecule has 0 spiro atoms. The molecule has 1 aliphatic rings. The lowest BCUT2D eigenvalue weighted by Crippen LogP contribution is -2.40. The maximum atomic E-state index is 12.4. The van der Waals surface area contributed by atoms with E-state index in [1.165, 1.54) is 11.8 Å². The van der Waals surface area contributed by atoms with E-state index in [0.29, 0.717) is 23.9 Å². The summed E-state index contributed by atoms with van der Waals surface area (Å²) in [6.07, 6.45) is 5.59. The van der Waals surface area contributed by atoms with Crippen molar-refractivity contribution >= 4 is 27.5 Å². The number of sulfone groups is 1. The van der Waals surface area contributed by atoms with E-state index >= 15 is 0 Å². The van der Waals surface area contributed by atoms with Crippen molar-refractivity contribution in [2.24, 2.45) is 0 Å². The first-order valence-electron chi connectivity index (χ1n) is 8.51. The molecule has 1 aliphatic heterocycles. The van der Waals surface area contributed by atoms with Gasteiger partial charge in [-0.1, -0.05) is 17.8 Å². The van der Waals surface area contributed by atoms with Crippen molar-refractivity contribution in [3.63, 3.8) is 0 Å². The van der Waals surface area contributed by atoms with E-state index in [-0.39, 0.29) is 23.5 Å². The fourth-order valence-corrected chi connectivity index (χ4v) is 5.36. The molecule has 1 fully saturated rings. The van der Waals surface area contributed by atoms with Crippen molar-refractivity contribution < 1.29 is 13.2 Å². The number of rotatable bonds is 7. The minimum absolute atomic E-state index is 0.00787. The predicted octanol–water partition coefficient (Wildman–Crippen LogP) is 1.31.